The van der Waals surface area contributed by atoms with E-state index in [4.69, 9.17) is 4.99 Å². The van der Waals surface area contributed by atoms with Gasteiger partial charge in [0.2, 0.25) is 0 Å². The van der Waals surface area contributed by atoms with Crippen LogP contribution in [0.5, 0.6) is 0 Å². The van der Waals surface area contributed by atoms with Gasteiger partial charge >= 0.3 is 0 Å². The van der Waals surface area contributed by atoms with E-state index in [1.165, 1.54) is 24.0 Å². The van der Waals surface area contributed by atoms with Crippen LogP contribution in [0.2, 0.25) is 0 Å². The minimum atomic E-state index is -2.24. The molecule has 0 amide bonds. The first-order valence-corrected chi connectivity index (χ1v) is 11.8. The van der Waals surface area contributed by atoms with E-state index in [0.717, 1.165) is 64.6 Å². The molecule has 2 aliphatic rings. The Kier molecular flexibility index (Phi) is 12.2. The van der Waals surface area contributed by atoms with E-state index in [2.05, 4.69) is 53.6 Å². The third-order valence-electron chi connectivity index (χ3n) is 6.41. The molecule has 0 saturated carbocycles. The smallest absolute Gasteiger partial charge is 0.251 e. The second kappa shape index (κ2) is 14.3. The highest BCUT2D eigenvalue weighted by Crippen LogP contribution is 2.20. The molecule has 0 aliphatic carbocycles. The van der Waals surface area contributed by atoms with Crippen molar-refractivity contribution in [3.8, 4) is 0 Å². The van der Waals surface area contributed by atoms with Crippen LogP contribution < -0.4 is 10.6 Å². The lowest BCUT2D eigenvalue weighted by atomic mass is 9.96. The molecule has 2 saturated heterocycles. The molecule has 32 heavy (non-hydrogen) atoms. The zero-order valence-corrected chi connectivity index (χ0v) is 21.9. The van der Waals surface area contributed by atoms with E-state index in [0.29, 0.717) is 12.0 Å². The SMILES string of the molecule is CCNC(=NCC1CCN(Cc2ccc(C)cc2)CC1)NC1CCN(CC(F)F)CC1.I. The molecule has 182 valence electrons. The molecule has 0 unspecified atom stereocenters. The monoisotopic (exact) mass is 563 g/mol. The largest absolute Gasteiger partial charge is 0.357 e. The lowest BCUT2D eigenvalue weighted by Gasteiger charge is -2.33. The number of hydrogen-bond donors (Lipinski definition) is 2. The molecular weight excluding hydrogens is 523 g/mol. The second-order valence-corrected chi connectivity index (χ2v) is 9.04. The minimum absolute atomic E-state index is 0. The number of piperidine rings is 2. The molecule has 0 bridgehead atoms. The van der Waals surface area contributed by atoms with Gasteiger partial charge in [-0.25, -0.2) is 8.78 Å². The molecule has 8 heteroatoms. The summed E-state index contributed by atoms with van der Waals surface area (Å²) in [4.78, 5) is 9.26. The fourth-order valence-electron chi connectivity index (χ4n) is 4.47. The Morgan fingerprint density at radius 3 is 2.25 bits per heavy atom. The fraction of sp³-hybridized carbons (Fsp3) is 0.708. The quantitative estimate of drug-likeness (QED) is 0.284. The summed E-state index contributed by atoms with van der Waals surface area (Å²) in [5.74, 6) is 1.49. The van der Waals surface area contributed by atoms with E-state index < -0.39 is 6.43 Å². The summed E-state index contributed by atoms with van der Waals surface area (Å²) in [6, 6.07) is 9.16. The number of nitrogens with one attached hydrogen (secondary N) is 2. The molecule has 2 fully saturated rings. The molecule has 0 aromatic heterocycles. The number of aryl methyl sites for hydroxylation is 1. The number of alkyl halides is 2. The van der Waals surface area contributed by atoms with Crippen LogP contribution in [0.4, 0.5) is 8.78 Å². The van der Waals surface area contributed by atoms with Crippen molar-refractivity contribution in [2.45, 2.75) is 58.5 Å². The summed E-state index contributed by atoms with van der Waals surface area (Å²) in [6.45, 7) is 10.5. The van der Waals surface area contributed by atoms with Crippen molar-refractivity contribution >= 4 is 29.9 Å². The first-order chi connectivity index (χ1) is 15.0. The highest BCUT2D eigenvalue weighted by Gasteiger charge is 2.23. The summed E-state index contributed by atoms with van der Waals surface area (Å²) >= 11 is 0. The number of rotatable bonds is 8. The zero-order chi connectivity index (χ0) is 22.1. The van der Waals surface area contributed by atoms with E-state index >= 15 is 0 Å². The molecule has 1 aromatic rings. The van der Waals surface area contributed by atoms with Crippen LogP contribution in [0.25, 0.3) is 0 Å². The highest BCUT2D eigenvalue weighted by molar-refractivity contribution is 14.0. The van der Waals surface area contributed by atoms with Gasteiger partial charge in [-0.05, 0) is 64.1 Å². The predicted octanol–water partition coefficient (Wildman–Crippen LogP) is 4.11. The maximum atomic E-state index is 12.6. The molecule has 2 heterocycles. The van der Waals surface area contributed by atoms with Gasteiger partial charge in [0.15, 0.2) is 5.96 Å². The topological polar surface area (TPSA) is 42.9 Å². The van der Waals surface area contributed by atoms with Gasteiger partial charge in [0.05, 0.1) is 6.54 Å². The molecule has 2 N–H and O–H groups in total. The van der Waals surface area contributed by atoms with Crippen LogP contribution in [-0.4, -0.2) is 74.0 Å². The summed E-state index contributed by atoms with van der Waals surface area (Å²) < 4.78 is 25.1. The fourth-order valence-corrected chi connectivity index (χ4v) is 4.47. The van der Waals surface area contributed by atoms with Crippen molar-refractivity contribution in [2.24, 2.45) is 10.9 Å². The Morgan fingerprint density at radius 1 is 1.03 bits per heavy atom. The van der Waals surface area contributed by atoms with Crippen molar-refractivity contribution in [3.63, 3.8) is 0 Å². The number of nitrogens with zero attached hydrogens (tertiary/aromatic N) is 3. The van der Waals surface area contributed by atoms with Gasteiger partial charge in [-0.3, -0.25) is 14.8 Å². The number of guanidine groups is 1. The van der Waals surface area contributed by atoms with Crippen LogP contribution >= 0.6 is 24.0 Å². The van der Waals surface area contributed by atoms with E-state index in [9.17, 15) is 8.78 Å². The number of halogens is 3. The third-order valence-corrected chi connectivity index (χ3v) is 6.41. The van der Waals surface area contributed by atoms with E-state index in [1.54, 1.807) is 0 Å². The Labute approximate surface area is 209 Å². The van der Waals surface area contributed by atoms with Gasteiger partial charge in [0.25, 0.3) is 6.43 Å². The van der Waals surface area contributed by atoms with Gasteiger partial charge in [0.1, 0.15) is 0 Å². The van der Waals surface area contributed by atoms with E-state index in [-0.39, 0.29) is 30.5 Å². The highest BCUT2D eigenvalue weighted by atomic mass is 127. The molecule has 1 aromatic carbocycles. The van der Waals surface area contributed by atoms with Crippen molar-refractivity contribution in [1.82, 2.24) is 20.4 Å². The van der Waals surface area contributed by atoms with Gasteiger partial charge in [-0.2, -0.15) is 0 Å². The lowest BCUT2D eigenvalue weighted by Crippen LogP contribution is -2.49. The maximum Gasteiger partial charge on any atom is 0.251 e. The van der Waals surface area contributed by atoms with Crippen molar-refractivity contribution in [2.75, 3.05) is 45.8 Å². The Bertz CT molecular complexity index is 669. The van der Waals surface area contributed by atoms with Gasteiger partial charge in [-0.1, -0.05) is 29.8 Å². The van der Waals surface area contributed by atoms with Crippen molar-refractivity contribution in [1.29, 1.82) is 0 Å². The molecule has 2 aliphatic heterocycles. The Balaban J connectivity index is 0.00000363. The summed E-state index contributed by atoms with van der Waals surface area (Å²) in [5.41, 5.74) is 2.70. The first kappa shape index (κ1) is 27.2. The Morgan fingerprint density at radius 2 is 1.66 bits per heavy atom. The zero-order valence-electron chi connectivity index (χ0n) is 19.5. The van der Waals surface area contributed by atoms with Gasteiger partial charge in [-0.15, -0.1) is 24.0 Å². The van der Waals surface area contributed by atoms with Gasteiger partial charge in [0, 0.05) is 38.8 Å². The summed E-state index contributed by atoms with van der Waals surface area (Å²) in [7, 11) is 0. The van der Waals surface area contributed by atoms with Crippen molar-refractivity contribution < 1.29 is 8.78 Å². The van der Waals surface area contributed by atoms with Crippen LogP contribution in [0.15, 0.2) is 29.3 Å². The van der Waals surface area contributed by atoms with Crippen LogP contribution in [0.1, 0.15) is 43.7 Å². The lowest BCUT2D eigenvalue weighted by molar-refractivity contribution is 0.0744. The Hall–Kier alpha value is -1.00. The number of hydrogen-bond acceptors (Lipinski definition) is 3. The summed E-state index contributed by atoms with van der Waals surface area (Å²) in [5, 5.41) is 6.88. The molecule has 3 rings (SSSR count). The van der Waals surface area contributed by atoms with Crippen LogP contribution in [0.3, 0.4) is 0 Å². The number of aliphatic imine (C=N–C) groups is 1. The van der Waals surface area contributed by atoms with Crippen LogP contribution in [0, 0.1) is 12.8 Å². The first-order valence-electron chi connectivity index (χ1n) is 11.8. The van der Waals surface area contributed by atoms with Crippen molar-refractivity contribution in [3.05, 3.63) is 35.4 Å². The van der Waals surface area contributed by atoms with Crippen LogP contribution in [-0.2, 0) is 6.54 Å². The molecule has 5 nitrogen and oxygen atoms in total. The third kappa shape index (κ3) is 9.47. The van der Waals surface area contributed by atoms with Gasteiger partial charge < -0.3 is 10.6 Å². The number of benzene rings is 1. The second-order valence-electron chi connectivity index (χ2n) is 9.04. The molecule has 0 radical (unpaired) electrons. The molecular formula is C24H40F2IN5. The normalized spacial score (nSPS) is 19.7. The number of likely N-dealkylation sites (tertiary alicyclic amines) is 2. The molecule has 0 spiro atoms. The summed E-state index contributed by atoms with van der Waals surface area (Å²) in [6.07, 6.45) is 1.89. The standard InChI is InChI=1S/C24H39F2N5.HI/c1-3-27-24(29-22-10-14-31(15-11-22)18-23(25)26)28-16-20-8-12-30(13-9-20)17-21-6-4-19(2)5-7-21;/h4-7,20,22-23H,3,8-18H2,1-2H3,(H2,27,28,29);1H. The predicted molar refractivity (Wildman–Crippen MR) is 139 cm³/mol. The minimum Gasteiger partial charge on any atom is -0.357 e. The molecule has 0 atom stereocenters. The maximum absolute atomic E-state index is 12.6. The van der Waals surface area contributed by atoms with E-state index in [1.807, 2.05) is 4.90 Å². The average molecular weight is 564 g/mol. The average Bonchev–Trinajstić information content (AvgIpc) is 2.76.